The first-order chi connectivity index (χ1) is 49.0. The van der Waals surface area contributed by atoms with Crippen molar-refractivity contribution in [2.75, 3.05) is 60.9 Å². The van der Waals surface area contributed by atoms with Gasteiger partial charge in [0.25, 0.3) is 0 Å². The highest BCUT2D eigenvalue weighted by atomic mass is 33.1. The van der Waals surface area contributed by atoms with Crippen LogP contribution in [0.25, 0.3) is 0 Å². The Morgan fingerprint density at radius 3 is 1.64 bits per heavy atom. The molecule has 3 aliphatic rings. The molecule has 3 fully saturated rings. The van der Waals surface area contributed by atoms with Crippen LogP contribution < -0.4 is 86.3 Å². The van der Waals surface area contributed by atoms with Crippen molar-refractivity contribution in [3.05, 3.63) is 29.8 Å². The van der Waals surface area contributed by atoms with Crippen LogP contribution in [0.2, 0.25) is 0 Å². The number of nitrogens with one attached hydrogen (secondary N) is 13. The van der Waals surface area contributed by atoms with E-state index in [0.29, 0.717) is 5.56 Å². The van der Waals surface area contributed by atoms with Gasteiger partial charge in [-0.3, -0.25) is 86.3 Å². The van der Waals surface area contributed by atoms with E-state index in [0.717, 1.165) is 54.9 Å². The molecule has 3 aliphatic heterocycles. The molecule has 0 aromatic heterocycles. The van der Waals surface area contributed by atoms with Gasteiger partial charge < -0.3 is 106 Å². The van der Waals surface area contributed by atoms with E-state index in [1.807, 2.05) is 0 Å². The van der Waals surface area contributed by atoms with Crippen LogP contribution in [0.5, 0.6) is 5.75 Å². The lowest BCUT2D eigenvalue weighted by molar-refractivity contribution is -0.146. The minimum Gasteiger partial charge on any atom is -0.508 e. The monoisotopic (exact) mass is 1540 g/mol. The molecule has 0 bridgehead atoms. The average Bonchev–Trinajstić information content (AvgIpc) is 1.60. The summed E-state index contributed by atoms with van der Waals surface area (Å²) in [6.45, 7) is 7.99. The van der Waals surface area contributed by atoms with Crippen molar-refractivity contribution in [3.63, 3.8) is 0 Å². The van der Waals surface area contributed by atoms with Gasteiger partial charge in [0.1, 0.15) is 72.2 Å². The van der Waals surface area contributed by atoms with E-state index in [-0.39, 0.29) is 80.0 Å². The number of carbonyl (C=O) groups excluding carboxylic acids is 17. The molecule has 0 radical (unpaired) electrons. The summed E-state index contributed by atoms with van der Waals surface area (Å²) < 4.78 is 0. The van der Waals surface area contributed by atoms with Crippen LogP contribution in [-0.2, 0) is 92.7 Å². The summed E-state index contributed by atoms with van der Waals surface area (Å²) in [6, 6.07) is -12.3. The molecule has 12 atom stereocenters. The molecule has 38 nitrogen and oxygen atoms in total. The van der Waals surface area contributed by atoms with Crippen LogP contribution in [0.1, 0.15) is 92.6 Å². The molecule has 0 saturated carbocycles. The first-order valence-electron chi connectivity index (χ1n) is 33.1. The van der Waals surface area contributed by atoms with Crippen molar-refractivity contribution in [2.45, 2.75) is 166 Å². The Hall–Kier alpha value is -9.16. The van der Waals surface area contributed by atoms with Crippen molar-refractivity contribution in [2.24, 2.45) is 29.0 Å². The number of primary amides is 2. The van der Waals surface area contributed by atoms with E-state index >= 15 is 0 Å². The number of aromatic hydroxyl groups is 1. The molecule has 0 aliphatic carbocycles. The van der Waals surface area contributed by atoms with Crippen LogP contribution >= 0.6 is 45.1 Å². The van der Waals surface area contributed by atoms with Gasteiger partial charge >= 0.3 is 5.97 Å². The lowest BCUT2D eigenvalue weighted by Crippen LogP contribution is -2.61. The Labute approximate surface area is 615 Å². The molecule has 21 N–H and O–H groups in total. The second-order valence-electron chi connectivity index (χ2n) is 25.2. The van der Waals surface area contributed by atoms with Crippen molar-refractivity contribution in [1.82, 2.24) is 78.9 Å². The third-order valence-electron chi connectivity index (χ3n) is 16.1. The van der Waals surface area contributed by atoms with Gasteiger partial charge in [-0.2, -0.15) is 0 Å². The number of amides is 17. The highest BCUT2D eigenvalue weighted by molar-refractivity contribution is 8.76. The predicted octanol–water partition coefficient (Wildman–Crippen LogP) is -6.94. The highest BCUT2D eigenvalue weighted by Gasteiger charge is 2.43. The van der Waals surface area contributed by atoms with Gasteiger partial charge in [-0.15, -0.1) is 23.5 Å². The number of phenols is 1. The van der Waals surface area contributed by atoms with Gasteiger partial charge in [0.2, 0.25) is 100 Å². The average molecular weight is 1540 g/mol. The van der Waals surface area contributed by atoms with E-state index < -0.39 is 222 Å². The first kappa shape index (κ1) is 87.2. The number of phenolic OH excluding ortho intramolecular Hbond substituents is 1. The Balaban J connectivity index is 1.75. The smallest absolute Gasteiger partial charge is 0.305 e. The lowest BCUT2D eigenvalue weighted by Gasteiger charge is -2.31. The number of carbonyl (C=O) groups is 18. The minimum absolute atomic E-state index is 0.0109. The fourth-order valence-electron chi connectivity index (χ4n) is 10.5. The topological polar surface area (TPSA) is 589 Å². The maximum atomic E-state index is 14.7. The van der Waals surface area contributed by atoms with E-state index in [1.54, 1.807) is 27.7 Å². The molecule has 4 rings (SSSR count). The van der Waals surface area contributed by atoms with Crippen molar-refractivity contribution < 1.29 is 96.5 Å². The lowest BCUT2D eigenvalue weighted by atomic mass is 10.0. The quantitative estimate of drug-likeness (QED) is 0.0309. The van der Waals surface area contributed by atoms with Crippen LogP contribution in [0.3, 0.4) is 0 Å². The van der Waals surface area contributed by atoms with Crippen LogP contribution in [-0.4, -0.2) is 260 Å². The number of hydrogen-bond donors (Lipinski definition) is 18. The predicted molar refractivity (Wildman–Crippen MR) is 380 cm³/mol. The summed E-state index contributed by atoms with van der Waals surface area (Å²) in [5.74, 6) is -20.0. The fraction of sp³-hybridized carbons (Fsp3) is 0.613. The molecule has 3 heterocycles. The van der Waals surface area contributed by atoms with Gasteiger partial charge in [-0.05, 0) is 68.6 Å². The normalized spacial score (nSPS) is 24.5. The van der Waals surface area contributed by atoms with E-state index in [4.69, 9.17) is 17.2 Å². The van der Waals surface area contributed by atoms with Crippen molar-refractivity contribution in [1.29, 1.82) is 0 Å². The fourth-order valence-corrected chi connectivity index (χ4v) is 14.6. The maximum Gasteiger partial charge on any atom is 0.305 e. The van der Waals surface area contributed by atoms with E-state index in [9.17, 15) is 96.5 Å². The maximum absolute atomic E-state index is 14.7. The zero-order valence-corrected chi connectivity index (χ0v) is 61.7. The summed E-state index contributed by atoms with van der Waals surface area (Å²) >= 11 is 1.95. The molecule has 104 heavy (non-hydrogen) atoms. The first-order valence-corrected chi connectivity index (χ1v) is 37.9. The van der Waals surface area contributed by atoms with Gasteiger partial charge in [0.05, 0.1) is 43.7 Å². The largest absolute Gasteiger partial charge is 0.508 e. The zero-order valence-electron chi connectivity index (χ0n) is 58.4. The van der Waals surface area contributed by atoms with Gasteiger partial charge in [-0.1, -0.05) is 61.4 Å². The molecule has 0 unspecified atom stereocenters. The second-order valence-corrected chi connectivity index (χ2v) is 29.8. The highest BCUT2D eigenvalue weighted by Crippen LogP contribution is 2.25. The van der Waals surface area contributed by atoms with Gasteiger partial charge in [0.15, 0.2) is 0 Å². The summed E-state index contributed by atoms with van der Waals surface area (Å²) in [6.07, 6.45) is -1.53. The number of nitrogens with zero attached hydrogens (tertiary/aromatic N) is 2. The molecular weight excluding hydrogens is 1450 g/mol. The molecular formula is C62H94N18O20S4. The number of carboxylic acid groups (broad SMARTS) is 1. The van der Waals surface area contributed by atoms with E-state index in [2.05, 4.69) is 69.1 Å². The minimum atomic E-state index is -1.84. The number of carboxylic acids is 1. The summed E-state index contributed by atoms with van der Waals surface area (Å²) in [5, 5.41) is 51.7. The Morgan fingerprint density at radius 1 is 0.606 bits per heavy atom. The molecule has 42 heteroatoms. The number of hydrogen-bond acceptors (Lipinski definition) is 24. The zero-order chi connectivity index (χ0) is 77.7. The summed E-state index contributed by atoms with van der Waals surface area (Å²) in [5.41, 5.74) is 18.2. The third-order valence-corrected chi connectivity index (χ3v) is 20.3. The standard InChI is InChI=1S/C62H94N18O20S4/c1-29(2)49-59(97)67-22-47(86)72-39(51(65)89)25-103-104-26-42(76-55(93)41(24-102-28-69-33(7)82)75-53(91)36(63)18-34-12-14-35(83)15-13-34)56(94)73-37(19-45(64)84)61(99)79-16-8-11-44(79)58(96)78-50(30(3)4)60(98)70-31(5)52(90)74-40(23-101-27-68-32(6)81)54(92)66-21-46(85)71-38(20-48(87)88)62(100)80-17-9-10-43(80)57(95)77-49/h12-15,29-31,36-44,49-50,83H,8-11,16-28,63H2,1-7H3,(H2,64,84)(H2,65,89)(H,66,92)(H,67,97)(H,68,81)(H,69,82)(H,70,98)(H,71,85)(H,72,86)(H,73,94)(H,74,90)(H,75,91)(H,76,93)(H,77,95)(H,78,96)(H,87,88)/t31-,36-,37-,38-,39-,40-,41-,42-,43-,44-,49-,50-/m0/s1. The molecule has 1 aromatic carbocycles. The number of benzene rings is 1. The van der Waals surface area contributed by atoms with Crippen LogP contribution in [0.15, 0.2) is 24.3 Å². The number of fused-ring (bicyclic) bond motifs is 2. The van der Waals surface area contributed by atoms with Crippen LogP contribution in [0.4, 0.5) is 0 Å². The van der Waals surface area contributed by atoms with E-state index in [1.165, 1.54) is 45.0 Å². The van der Waals surface area contributed by atoms with Crippen molar-refractivity contribution in [3.8, 4) is 5.75 Å². The van der Waals surface area contributed by atoms with Crippen molar-refractivity contribution >= 4 is 152 Å². The molecule has 17 amide bonds. The number of rotatable bonds is 21. The number of thioether (sulfide) groups is 2. The molecule has 1 aromatic rings. The summed E-state index contributed by atoms with van der Waals surface area (Å²) in [4.78, 5) is 246. The number of aliphatic carboxylic acids is 1. The third kappa shape index (κ3) is 29.2. The molecule has 0 spiro atoms. The molecule has 576 valence electrons. The van der Waals surface area contributed by atoms with Gasteiger partial charge in [-0.25, -0.2) is 0 Å². The SMILES string of the molecule is CC(=O)NCSC[C@@H]1NC(=O)[C@H](C)NC(=O)[C@H](C(C)C)NC(=O)[C@@H]2CCCN2C(=O)[C@H](CC(N)=O)NC(=O)[C@@H](NC(=O)[C@H](CSCNC(C)=O)NC(=O)[C@@H](N)Cc2ccc(O)cc2)CSSC[C@@H](C(N)=O)NC(=O)CNC(=O)[C@H](C(C)C)NC(=O)[C@@H]2CCCN2C(=O)[C@H](CC(=O)O)NC(=O)CNC1=O. The second kappa shape index (κ2) is 43.2. The Bertz CT molecular complexity index is 3320. The Morgan fingerprint density at radius 2 is 1.12 bits per heavy atom. The molecule has 3 saturated heterocycles. The van der Waals surface area contributed by atoms with Crippen LogP contribution in [0, 0.1) is 11.8 Å². The number of nitrogens with two attached hydrogens (primary N) is 3. The Kier molecular flexibility index (Phi) is 36.2. The summed E-state index contributed by atoms with van der Waals surface area (Å²) in [7, 11) is 1.65. The van der Waals surface area contributed by atoms with Gasteiger partial charge in [0, 0.05) is 49.9 Å².